The smallest absolute Gasteiger partial charge is 0.276 e. The van der Waals surface area contributed by atoms with Crippen LogP contribution in [-0.2, 0) is 0 Å². The third kappa shape index (κ3) is 3.57. The second-order valence-electron chi connectivity index (χ2n) is 5.73. The maximum atomic E-state index is 12.8. The maximum Gasteiger partial charge on any atom is 0.276 e. The number of nitrogens with one attached hydrogen (secondary N) is 1. The second kappa shape index (κ2) is 7.15. The molecule has 0 aliphatic carbocycles. The van der Waals surface area contributed by atoms with Gasteiger partial charge in [0.1, 0.15) is 0 Å². The number of amides is 1. The van der Waals surface area contributed by atoms with E-state index in [2.05, 4.69) is 17.4 Å². The molecule has 2 heterocycles. The SMILES string of the molecule is CCCN(C(=O)c1cc(-c2cccc(Cl)c2)on1)C1CCNC1. The molecule has 0 bridgehead atoms. The van der Waals surface area contributed by atoms with E-state index < -0.39 is 0 Å². The van der Waals surface area contributed by atoms with Crippen LogP contribution in [-0.4, -0.2) is 41.6 Å². The highest BCUT2D eigenvalue weighted by Crippen LogP contribution is 2.24. The summed E-state index contributed by atoms with van der Waals surface area (Å²) in [5, 5.41) is 7.89. The molecule has 1 N–H and O–H groups in total. The summed E-state index contributed by atoms with van der Waals surface area (Å²) in [6, 6.07) is 9.23. The quantitative estimate of drug-likeness (QED) is 0.912. The predicted molar refractivity (Wildman–Crippen MR) is 89.6 cm³/mol. The molecular weight excluding hydrogens is 314 g/mol. The van der Waals surface area contributed by atoms with Gasteiger partial charge in [0.05, 0.1) is 0 Å². The first-order chi connectivity index (χ1) is 11.2. The van der Waals surface area contributed by atoms with Gasteiger partial charge in [-0.05, 0) is 31.5 Å². The summed E-state index contributed by atoms with van der Waals surface area (Å²) in [5.41, 5.74) is 1.16. The Bertz CT molecular complexity index is 680. The first kappa shape index (κ1) is 16.0. The number of nitrogens with zero attached hydrogens (tertiary/aromatic N) is 2. The second-order valence-corrected chi connectivity index (χ2v) is 6.17. The predicted octanol–water partition coefficient (Wildman–Crippen LogP) is 3.21. The van der Waals surface area contributed by atoms with E-state index in [1.165, 1.54) is 0 Å². The van der Waals surface area contributed by atoms with Crippen LogP contribution in [0.3, 0.4) is 0 Å². The van der Waals surface area contributed by atoms with Crippen molar-refractivity contribution in [2.75, 3.05) is 19.6 Å². The molecule has 23 heavy (non-hydrogen) atoms. The minimum Gasteiger partial charge on any atom is -0.355 e. The molecule has 6 heteroatoms. The number of hydrogen-bond acceptors (Lipinski definition) is 4. The Kier molecular flexibility index (Phi) is 4.98. The van der Waals surface area contributed by atoms with E-state index in [1.807, 2.05) is 17.0 Å². The lowest BCUT2D eigenvalue weighted by Crippen LogP contribution is -2.42. The molecule has 1 saturated heterocycles. The highest BCUT2D eigenvalue weighted by atomic mass is 35.5. The van der Waals surface area contributed by atoms with Gasteiger partial charge >= 0.3 is 0 Å². The van der Waals surface area contributed by atoms with Crippen LogP contribution in [0.1, 0.15) is 30.3 Å². The fourth-order valence-electron chi connectivity index (χ4n) is 2.90. The van der Waals surface area contributed by atoms with Crippen LogP contribution < -0.4 is 5.32 Å². The third-order valence-electron chi connectivity index (χ3n) is 4.04. The molecule has 1 aromatic carbocycles. The fourth-order valence-corrected chi connectivity index (χ4v) is 3.09. The van der Waals surface area contributed by atoms with Crippen molar-refractivity contribution < 1.29 is 9.32 Å². The molecule has 1 aliphatic heterocycles. The molecular formula is C17H20ClN3O2. The summed E-state index contributed by atoms with van der Waals surface area (Å²) in [6.45, 7) is 4.59. The van der Waals surface area contributed by atoms with Gasteiger partial charge < -0.3 is 14.7 Å². The zero-order valence-electron chi connectivity index (χ0n) is 13.1. The van der Waals surface area contributed by atoms with Crippen LogP contribution in [0, 0.1) is 0 Å². The number of aromatic nitrogens is 1. The van der Waals surface area contributed by atoms with Crippen LogP contribution in [0.5, 0.6) is 0 Å². The number of hydrogen-bond donors (Lipinski definition) is 1. The number of benzene rings is 1. The van der Waals surface area contributed by atoms with Crippen molar-refractivity contribution in [3.63, 3.8) is 0 Å². The van der Waals surface area contributed by atoms with Crippen molar-refractivity contribution in [1.29, 1.82) is 0 Å². The first-order valence-corrected chi connectivity index (χ1v) is 8.31. The van der Waals surface area contributed by atoms with Gasteiger partial charge in [-0.2, -0.15) is 0 Å². The van der Waals surface area contributed by atoms with Gasteiger partial charge in [-0.25, -0.2) is 0 Å². The fraction of sp³-hybridized carbons (Fsp3) is 0.412. The van der Waals surface area contributed by atoms with Crippen LogP contribution in [0.2, 0.25) is 5.02 Å². The van der Waals surface area contributed by atoms with E-state index in [4.69, 9.17) is 16.1 Å². The molecule has 2 aromatic rings. The molecule has 122 valence electrons. The summed E-state index contributed by atoms with van der Waals surface area (Å²) in [5.74, 6) is 0.481. The summed E-state index contributed by atoms with van der Waals surface area (Å²) in [6.07, 6.45) is 1.89. The molecule has 0 radical (unpaired) electrons. The number of carbonyl (C=O) groups excluding carboxylic acids is 1. The van der Waals surface area contributed by atoms with E-state index in [-0.39, 0.29) is 11.9 Å². The number of carbonyl (C=O) groups is 1. The van der Waals surface area contributed by atoms with Crippen LogP contribution in [0.4, 0.5) is 0 Å². The van der Waals surface area contributed by atoms with Gasteiger partial charge in [0.25, 0.3) is 5.91 Å². The van der Waals surface area contributed by atoms with Gasteiger partial charge in [-0.1, -0.05) is 35.8 Å². The Hall–Kier alpha value is -1.85. The van der Waals surface area contributed by atoms with Crippen molar-refractivity contribution in [3.05, 3.63) is 41.0 Å². The lowest BCUT2D eigenvalue weighted by molar-refractivity contribution is 0.0681. The minimum atomic E-state index is -0.0717. The molecule has 1 aromatic heterocycles. The van der Waals surface area contributed by atoms with E-state index in [9.17, 15) is 4.79 Å². The zero-order valence-corrected chi connectivity index (χ0v) is 13.8. The van der Waals surface area contributed by atoms with Crippen LogP contribution in [0.15, 0.2) is 34.9 Å². The zero-order chi connectivity index (χ0) is 16.2. The lowest BCUT2D eigenvalue weighted by Gasteiger charge is -2.27. The maximum absolute atomic E-state index is 12.8. The van der Waals surface area contributed by atoms with Crippen LogP contribution >= 0.6 is 11.6 Å². The Labute approximate surface area is 140 Å². The molecule has 1 amide bonds. The highest BCUT2D eigenvalue weighted by molar-refractivity contribution is 6.30. The third-order valence-corrected chi connectivity index (χ3v) is 4.27. The standard InChI is InChI=1S/C17H20ClN3O2/c1-2-8-21(14-6-7-19-11-14)17(22)15-10-16(23-20-15)12-4-3-5-13(18)9-12/h3-5,9-10,14,19H,2,6-8,11H2,1H3. The molecule has 1 unspecified atom stereocenters. The largest absolute Gasteiger partial charge is 0.355 e. The molecule has 5 nitrogen and oxygen atoms in total. The number of rotatable bonds is 5. The summed E-state index contributed by atoms with van der Waals surface area (Å²) in [4.78, 5) is 14.7. The van der Waals surface area contributed by atoms with Crippen molar-refractivity contribution in [1.82, 2.24) is 15.4 Å². The van der Waals surface area contributed by atoms with Gasteiger partial charge in [0, 0.05) is 35.8 Å². The molecule has 3 rings (SSSR count). The molecule has 1 fully saturated rings. The normalized spacial score (nSPS) is 17.4. The molecule has 0 saturated carbocycles. The highest BCUT2D eigenvalue weighted by Gasteiger charge is 2.28. The Balaban J connectivity index is 1.81. The molecule has 1 atom stereocenters. The van der Waals surface area contributed by atoms with E-state index >= 15 is 0 Å². The van der Waals surface area contributed by atoms with Gasteiger partial charge in [0.2, 0.25) is 0 Å². The van der Waals surface area contributed by atoms with Crippen molar-refractivity contribution in [2.45, 2.75) is 25.8 Å². The van der Waals surface area contributed by atoms with Crippen molar-refractivity contribution in [2.24, 2.45) is 0 Å². The van der Waals surface area contributed by atoms with Crippen LogP contribution in [0.25, 0.3) is 11.3 Å². The molecule has 1 aliphatic rings. The van der Waals surface area contributed by atoms with Gasteiger partial charge in [-0.15, -0.1) is 0 Å². The Morgan fingerprint density at radius 1 is 1.48 bits per heavy atom. The summed E-state index contributed by atoms with van der Waals surface area (Å²) < 4.78 is 5.35. The molecule has 0 spiro atoms. The monoisotopic (exact) mass is 333 g/mol. The lowest BCUT2D eigenvalue weighted by atomic mass is 10.1. The minimum absolute atomic E-state index is 0.0717. The summed E-state index contributed by atoms with van der Waals surface area (Å²) >= 11 is 6.00. The topological polar surface area (TPSA) is 58.4 Å². The Morgan fingerprint density at radius 2 is 2.35 bits per heavy atom. The van der Waals surface area contributed by atoms with Crippen molar-refractivity contribution in [3.8, 4) is 11.3 Å². The van der Waals surface area contributed by atoms with E-state index in [1.54, 1.807) is 18.2 Å². The van der Waals surface area contributed by atoms with E-state index in [0.29, 0.717) is 16.5 Å². The number of halogens is 1. The van der Waals surface area contributed by atoms with Gasteiger partial charge in [0.15, 0.2) is 11.5 Å². The summed E-state index contributed by atoms with van der Waals surface area (Å²) in [7, 11) is 0. The first-order valence-electron chi connectivity index (χ1n) is 7.93. The average Bonchev–Trinajstić information content (AvgIpc) is 3.23. The van der Waals surface area contributed by atoms with Crippen molar-refractivity contribution >= 4 is 17.5 Å². The van der Waals surface area contributed by atoms with E-state index in [0.717, 1.165) is 38.0 Å². The van der Waals surface area contributed by atoms with Gasteiger partial charge in [-0.3, -0.25) is 4.79 Å². The average molecular weight is 334 g/mol. The Morgan fingerprint density at radius 3 is 3.04 bits per heavy atom.